The standard InChI is InChI=1S/C18H17NO3S/c1-20-14-6-4-5-13(9-14)18-19-15(11-23-18)12-7-8-16(21-2)17(10-12)22-3/h4-11H,1-3H3. The molecule has 0 radical (unpaired) electrons. The molecular formula is C18H17NO3S. The van der Waals surface area contributed by atoms with E-state index in [-0.39, 0.29) is 0 Å². The van der Waals surface area contributed by atoms with Crippen molar-refractivity contribution in [3.63, 3.8) is 0 Å². The van der Waals surface area contributed by atoms with E-state index in [2.05, 4.69) is 0 Å². The summed E-state index contributed by atoms with van der Waals surface area (Å²) < 4.78 is 15.9. The van der Waals surface area contributed by atoms with Gasteiger partial charge in [0.05, 0.1) is 27.0 Å². The molecule has 0 atom stereocenters. The molecule has 23 heavy (non-hydrogen) atoms. The van der Waals surface area contributed by atoms with Gasteiger partial charge in [-0.2, -0.15) is 0 Å². The summed E-state index contributed by atoms with van der Waals surface area (Å²) in [6.45, 7) is 0. The summed E-state index contributed by atoms with van der Waals surface area (Å²) >= 11 is 1.60. The van der Waals surface area contributed by atoms with Crippen LogP contribution in [0.5, 0.6) is 17.2 Å². The summed E-state index contributed by atoms with van der Waals surface area (Å²) in [6, 6.07) is 13.7. The van der Waals surface area contributed by atoms with E-state index in [1.54, 1.807) is 32.7 Å². The molecule has 0 aliphatic rings. The van der Waals surface area contributed by atoms with Crippen LogP contribution in [0.3, 0.4) is 0 Å². The van der Waals surface area contributed by atoms with Crippen LogP contribution in [0.25, 0.3) is 21.8 Å². The maximum absolute atomic E-state index is 5.35. The van der Waals surface area contributed by atoms with E-state index in [0.29, 0.717) is 11.5 Å². The third-order valence-electron chi connectivity index (χ3n) is 3.50. The Bertz CT molecular complexity index is 814. The molecule has 0 fully saturated rings. The van der Waals surface area contributed by atoms with E-state index < -0.39 is 0 Å². The van der Waals surface area contributed by atoms with E-state index in [0.717, 1.165) is 27.6 Å². The van der Waals surface area contributed by atoms with Crippen molar-refractivity contribution < 1.29 is 14.2 Å². The number of rotatable bonds is 5. The van der Waals surface area contributed by atoms with Gasteiger partial charge in [-0.25, -0.2) is 4.98 Å². The van der Waals surface area contributed by atoms with Crippen molar-refractivity contribution in [3.8, 4) is 39.1 Å². The summed E-state index contributed by atoms with van der Waals surface area (Å²) in [5.41, 5.74) is 2.95. The molecule has 0 saturated carbocycles. The van der Waals surface area contributed by atoms with Gasteiger partial charge in [0.25, 0.3) is 0 Å². The minimum absolute atomic E-state index is 0.695. The van der Waals surface area contributed by atoms with Gasteiger partial charge in [0.2, 0.25) is 0 Å². The molecule has 0 amide bonds. The van der Waals surface area contributed by atoms with Crippen LogP contribution in [0.1, 0.15) is 0 Å². The zero-order valence-electron chi connectivity index (χ0n) is 13.2. The molecule has 1 heterocycles. The van der Waals surface area contributed by atoms with Crippen molar-refractivity contribution in [2.24, 2.45) is 0 Å². The second-order valence-corrected chi connectivity index (χ2v) is 5.70. The first-order valence-corrected chi connectivity index (χ1v) is 7.95. The van der Waals surface area contributed by atoms with E-state index in [9.17, 15) is 0 Å². The summed E-state index contributed by atoms with van der Waals surface area (Å²) in [5, 5.41) is 2.99. The maximum atomic E-state index is 5.35. The van der Waals surface area contributed by atoms with Crippen LogP contribution in [0.15, 0.2) is 47.8 Å². The second kappa shape index (κ2) is 6.71. The fourth-order valence-electron chi connectivity index (χ4n) is 2.29. The van der Waals surface area contributed by atoms with Crippen LogP contribution in [0.2, 0.25) is 0 Å². The Labute approximate surface area is 139 Å². The number of aromatic nitrogens is 1. The highest BCUT2D eigenvalue weighted by molar-refractivity contribution is 7.13. The molecule has 0 aliphatic carbocycles. The van der Waals surface area contributed by atoms with Gasteiger partial charge in [-0.1, -0.05) is 12.1 Å². The molecule has 0 spiro atoms. The van der Waals surface area contributed by atoms with Crippen molar-refractivity contribution in [3.05, 3.63) is 47.8 Å². The molecule has 0 unspecified atom stereocenters. The van der Waals surface area contributed by atoms with Gasteiger partial charge >= 0.3 is 0 Å². The Kier molecular flexibility index (Phi) is 4.48. The molecule has 1 aromatic heterocycles. The number of methoxy groups -OCH3 is 3. The normalized spacial score (nSPS) is 10.4. The molecule has 118 valence electrons. The molecule has 0 N–H and O–H groups in total. The zero-order valence-corrected chi connectivity index (χ0v) is 14.0. The van der Waals surface area contributed by atoms with Crippen molar-refractivity contribution >= 4 is 11.3 Å². The van der Waals surface area contributed by atoms with Crippen molar-refractivity contribution in [2.45, 2.75) is 0 Å². The van der Waals surface area contributed by atoms with Crippen molar-refractivity contribution in [1.82, 2.24) is 4.98 Å². The van der Waals surface area contributed by atoms with Gasteiger partial charge in [-0.3, -0.25) is 0 Å². The molecular weight excluding hydrogens is 310 g/mol. The molecule has 4 nitrogen and oxygen atoms in total. The highest BCUT2D eigenvalue weighted by Crippen LogP contribution is 2.35. The molecule has 0 aliphatic heterocycles. The minimum Gasteiger partial charge on any atom is -0.497 e. The van der Waals surface area contributed by atoms with Gasteiger partial charge in [-0.05, 0) is 30.3 Å². The zero-order chi connectivity index (χ0) is 16.2. The van der Waals surface area contributed by atoms with Gasteiger partial charge in [0, 0.05) is 16.5 Å². The number of benzene rings is 2. The molecule has 0 saturated heterocycles. The van der Waals surface area contributed by atoms with Crippen LogP contribution in [-0.2, 0) is 0 Å². The Morgan fingerprint density at radius 2 is 1.65 bits per heavy atom. The number of ether oxygens (including phenoxy) is 3. The second-order valence-electron chi connectivity index (χ2n) is 4.84. The lowest BCUT2D eigenvalue weighted by Crippen LogP contribution is -1.91. The van der Waals surface area contributed by atoms with E-state index in [1.165, 1.54) is 0 Å². The maximum Gasteiger partial charge on any atom is 0.161 e. The van der Waals surface area contributed by atoms with Crippen LogP contribution >= 0.6 is 11.3 Å². The number of hydrogen-bond acceptors (Lipinski definition) is 5. The van der Waals surface area contributed by atoms with Gasteiger partial charge in [0.1, 0.15) is 10.8 Å². The smallest absolute Gasteiger partial charge is 0.161 e. The fourth-order valence-corrected chi connectivity index (χ4v) is 3.12. The lowest BCUT2D eigenvalue weighted by Gasteiger charge is -2.08. The van der Waals surface area contributed by atoms with Gasteiger partial charge in [-0.15, -0.1) is 11.3 Å². The van der Waals surface area contributed by atoms with Crippen LogP contribution in [-0.4, -0.2) is 26.3 Å². The third kappa shape index (κ3) is 3.14. The molecule has 5 heteroatoms. The fraction of sp³-hybridized carbons (Fsp3) is 0.167. The summed E-state index contributed by atoms with van der Waals surface area (Å²) in [7, 11) is 4.92. The van der Waals surface area contributed by atoms with Crippen LogP contribution in [0, 0.1) is 0 Å². The predicted octanol–water partition coefficient (Wildman–Crippen LogP) is 4.50. The highest BCUT2D eigenvalue weighted by Gasteiger charge is 2.10. The first kappa shape index (κ1) is 15.4. The first-order valence-electron chi connectivity index (χ1n) is 7.07. The minimum atomic E-state index is 0.695. The third-order valence-corrected chi connectivity index (χ3v) is 4.39. The Morgan fingerprint density at radius 3 is 2.39 bits per heavy atom. The average molecular weight is 327 g/mol. The van der Waals surface area contributed by atoms with Crippen LogP contribution in [0.4, 0.5) is 0 Å². The number of nitrogens with zero attached hydrogens (tertiary/aromatic N) is 1. The van der Waals surface area contributed by atoms with Crippen molar-refractivity contribution in [2.75, 3.05) is 21.3 Å². The SMILES string of the molecule is COc1cccc(-c2nc(-c3ccc(OC)c(OC)c3)cs2)c1. The Balaban J connectivity index is 1.95. The van der Waals surface area contributed by atoms with Gasteiger partial charge in [0.15, 0.2) is 11.5 Å². The number of hydrogen-bond donors (Lipinski definition) is 0. The molecule has 3 aromatic rings. The molecule has 2 aromatic carbocycles. The van der Waals surface area contributed by atoms with Crippen molar-refractivity contribution in [1.29, 1.82) is 0 Å². The monoisotopic (exact) mass is 327 g/mol. The van der Waals surface area contributed by atoms with E-state index in [1.807, 2.05) is 47.8 Å². The van der Waals surface area contributed by atoms with Gasteiger partial charge < -0.3 is 14.2 Å². The molecule has 0 bridgehead atoms. The topological polar surface area (TPSA) is 40.6 Å². The average Bonchev–Trinajstić information content (AvgIpc) is 3.11. The lowest BCUT2D eigenvalue weighted by molar-refractivity contribution is 0.355. The van der Waals surface area contributed by atoms with E-state index in [4.69, 9.17) is 19.2 Å². The number of thiazole rings is 1. The summed E-state index contributed by atoms with van der Waals surface area (Å²) in [6.07, 6.45) is 0. The highest BCUT2D eigenvalue weighted by atomic mass is 32.1. The Hall–Kier alpha value is -2.53. The quantitative estimate of drug-likeness (QED) is 0.691. The Morgan fingerprint density at radius 1 is 0.826 bits per heavy atom. The lowest BCUT2D eigenvalue weighted by atomic mass is 10.1. The van der Waals surface area contributed by atoms with Crippen LogP contribution < -0.4 is 14.2 Å². The molecule has 3 rings (SSSR count). The van der Waals surface area contributed by atoms with E-state index >= 15 is 0 Å². The first-order chi connectivity index (χ1) is 11.2. The summed E-state index contributed by atoms with van der Waals surface area (Å²) in [4.78, 5) is 4.72. The summed E-state index contributed by atoms with van der Waals surface area (Å²) in [5.74, 6) is 2.23. The largest absolute Gasteiger partial charge is 0.497 e. The predicted molar refractivity (Wildman–Crippen MR) is 92.6 cm³/mol.